The lowest BCUT2D eigenvalue weighted by Gasteiger charge is -2.56. The average molecular weight is 419 g/mol. The van der Waals surface area contributed by atoms with Crippen LogP contribution in [0.5, 0.6) is 0 Å². The summed E-state index contributed by atoms with van der Waals surface area (Å²) < 4.78 is 5.56. The van der Waals surface area contributed by atoms with Crippen molar-refractivity contribution in [2.45, 2.75) is 71.8 Å². The maximum absolute atomic E-state index is 13.5. The van der Waals surface area contributed by atoms with Gasteiger partial charge in [0.05, 0.1) is 0 Å². The number of esters is 1. The zero-order valence-electron chi connectivity index (χ0n) is 19.0. The van der Waals surface area contributed by atoms with Crippen molar-refractivity contribution >= 4 is 17.8 Å². The summed E-state index contributed by atoms with van der Waals surface area (Å²) in [6.07, 6.45) is 11.7. The number of ketones is 1. The molecule has 0 bridgehead atoms. The third kappa shape index (κ3) is 3.32. The Morgan fingerprint density at radius 2 is 1.77 bits per heavy atom. The number of carbonyl (C=O) groups excluding carboxylic acids is 2. The number of ether oxygens (including phenoxy) is 1. The Labute approximate surface area is 185 Å². The number of hydrogen-bond donors (Lipinski definition) is 0. The number of allylic oxidation sites excluding steroid dienone is 2. The van der Waals surface area contributed by atoms with Crippen LogP contribution in [0.4, 0.5) is 0 Å². The summed E-state index contributed by atoms with van der Waals surface area (Å²) in [6, 6.07) is 10.3. The molecule has 5 rings (SSSR count). The van der Waals surface area contributed by atoms with E-state index in [-0.39, 0.29) is 22.9 Å². The normalized spacial score (nSPS) is 40.5. The lowest BCUT2D eigenvalue weighted by Crippen LogP contribution is -2.50. The van der Waals surface area contributed by atoms with Crippen LogP contribution in [-0.4, -0.2) is 17.9 Å². The van der Waals surface area contributed by atoms with Crippen LogP contribution in [-0.2, 0) is 14.3 Å². The topological polar surface area (TPSA) is 43.4 Å². The first-order chi connectivity index (χ1) is 14.8. The zero-order chi connectivity index (χ0) is 21.8. The molecule has 3 nitrogen and oxygen atoms in total. The quantitative estimate of drug-likeness (QED) is 0.329. The maximum Gasteiger partial charge on any atom is 0.302 e. The highest BCUT2D eigenvalue weighted by Crippen LogP contribution is 2.64. The molecule has 0 spiro atoms. The molecule has 6 unspecified atom stereocenters. The lowest BCUT2D eigenvalue weighted by atomic mass is 9.48. The van der Waals surface area contributed by atoms with Crippen molar-refractivity contribution in [3.63, 3.8) is 0 Å². The molecule has 0 radical (unpaired) electrons. The first-order valence-corrected chi connectivity index (χ1v) is 12.0. The van der Waals surface area contributed by atoms with Crippen LogP contribution < -0.4 is 0 Å². The lowest BCUT2D eigenvalue weighted by molar-refractivity contribution is -0.148. The molecule has 0 heterocycles. The third-order valence-electron chi connectivity index (χ3n) is 9.17. The molecule has 3 heteroatoms. The van der Waals surface area contributed by atoms with Gasteiger partial charge in [-0.15, -0.1) is 0 Å². The fourth-order valence-electron chi connectivity index (χ4n) is 7.51. The predicted molar refractivity (Wildman–Crippen MR) is 122 cm³/mol. The Bertz CT molecular complexity index is 958. The Balaban J connectivity index is 1.42. The van der Waals surface area contributed by atoms with Gasteiger partial charge in [-0.2, -0.15) is 0 Å². The van der Waals surface area contributed by atoms with Crippen LogP contribution in [0.15, 0.2) is 47.6 Å². The first-order valence-electron chi connectivity index (χ1n) is 12.0. The monoisotopic (exact) mass is 418 g/mol. The largest absolute Gasteiger partial charge is 0.462 e. The van der Waals surface area contributed by atoms with Crippen molar-refractivity contribution in [2.75, 3.05) is 0 Å². The number of carbonyl (C=O) groups is 2. The highest BCUT2D eigenvalue weighted by Gasteiger charge is 2.59. The smallest absolute Gasteiger partial charge is 0.302 e. The molecule has 6 atom stereocenters. The summed E-state index contributed by atoms with van der Waals surface area (Å²) >= 11 is 0. The molecule has 3 saturated carbocycles. The van der Waals surface area contributed by atoms with Gasteiger partial charge in [0.1, 0.15) is 6.10 Å². The van der Waals surface area contributed by atoms with E-state index in [0.717, 1.165) is 56.1 Å². The summed E-state index contributed by atoms with van der Waals surface area (Å²) in [6.45, 7) is 6.19. The maximum atomic E-state index is 13.5. The van der Waals surface area contributed by atoms with Crippen LogP contribution in [0.3, 0.4) is 0 Å². The number of fused-ring (bicyclic) bond motifs is 5. The van der Waals surface area contributed by atoms with E-state index in [1.807, 2.05) is 18.2 Å². The predicted octanol–water partition coefficient (Wildman–Crippen LogP) is 6.14. The minimum Gasteiger partial charge on any atom is -0.462 e. The molecular weight excluding hydrogens is 384 g/mol. The highest BCUT2D eigenvalue weighted by molar-refractivity contribution is 6.05. The van der Waals surface area contributed by atoms with Gasteiger partial charge >= 0.3 is 5.97 Å². The van der Waals surface area contributed by atoms with Crippen LogP contribution in [0.1, 0.15) is 71.3 Å². The van der Waals surface area contributed by atoms with E-state index in [0.29, 0.717) is 23.5 Å². The Kier molecular flexibility index (Phi) is 4.99. The van der Waals surface area contributed by atoms with Crippen LogP contribution in [0.2, 0.25) is 0 Å². The van der Waals surface area contributed by atoms with E-state index >= 15 is 0 Å². The fourth-order valence-corrected chi connectivity index (χ4v) is 7.51. The molecular formula is C28H34O3. The molecule has 4 aliphatic rings. The van der Waals surface area contributed by atoms with Gasteiger partial charge < -0.3 is 4.74 Å². The Morgan fingerprint density at radius 3 is 2.52 bits per heavy atom. The summed E-state index contributed by atoms with van der Waals surface area (Å²) in [5, 5.41) is 0. The van der Waals surface area contributed by atoms with E-state index in [4.69, 9.17) is 4.74 Å². The second-order valence-electron chi connectivity index (χ2n) is 10.8. The van der Waals surface area contributed by atoms with E-state index in [1.165, 1.54) is 12.5 Å². The average Bonchev–Trinajstić information content (AvgIpc) is 2.99. The molecule has 0 aliphatic heterocycles. The third-order valence-corrected chi connectivity index (χ3v) is 9.17. The summed E-state index contributed by atoms with van der Waals surface area (Å²) in [7, 11) is 0. The van der Waals surface area contributed by atoms with Crippen LogP contribution >= 0.6 is 0 Å². The van der Waals surface area contributed by atoms with Gasteiger partial charge in [0, 0.05) is 18.8 Å². The van der Waals surface area contributed by atoms with Crippen molar-refractivity contribution in [1.29, 1.82) is 0 Å². The Hall–Kier alpha value is -2.16. The van der Waals surface area contributed by atoms with Gasteiger partial charge in [0.25, 0.3) is 0 Å². The van der Waals surface area contributed by atoms with Crippen molar-refractivity contribution in [3.05, 3.63) is 53.1 Å². The van der Waals surface area contributed by atoms with Crippen LogP contribution in [0, 0.1) is 28.6 Å². The molecule has 0 saturated heterocycles. The minimum absolute atomic E-state index is 0.0377. The molecule has 164 valence electrons. The van der Waals surface area contributed by atoms with Gasteiger partial charge in [0.15, 0.2) is 5.78 Å². The molecule has 1 aromatic carbocycles. The molecule has 0 amide bonds. The van der Waals surface area contributed by atoms with Crippen molar-refractivity contribution in [1.82, 2.24) is 0 Å². The number of benzene rings is 1. The number of rotatable bonds is 2. The van der Waals surface area contributed by atoms with Gasteiger partial charge in [-0.1, -0.05) is 55.8 Å². The summed E-state index contributed by atoms with van der Waals surface area (Å²) in [5.41, 5.74) is 3.64. The number of hydrogen-bond acceptors (Lipinski definition) is 3. The SMILES string of the molecule is CC(=O)OC1CCC2(C)C(=CCC3C4CC(=Cc5ccccc5)C(=O)C4(C)CCC32)C1. The van der Waals surface area contributed by atoms with E-state index in [1.54, 1.807) is 0 Å². The summed E-state index contributed by atoms with van der Waals surface area (Å²) in [5.74, 6) is 1.86. The van der Waals surface area contributed by atoms with Gasteiger partial charge in [0.2, 0.25) is 0 Å². The molecule has 1 aromatic rings. The van der Waals surface area contributed by atoms with Gasteiger partial charge in [-0.3, -0.25) is 9.59 Å². The molecule has 0 N–H and O–H groups in total. The molecule has 4 aliphatic carbocycles. The first kappa shape index (κ1) is 20.7. The summed E-state index contributed by atoms with van der Waals surface area (Å²) in [4.78, 5) is 25.0. The zero-order valence-corrected chi connectivity index (χ0v) is 19.0. The number of Topliss-reactive ketones (excluding diaryl/α,β-unsaturated/α-hetero) is 1. The molecule has 31 heavy (non-hydrogen) atoms. The van der Waals surface area contributed by atoms with Crippen molar-refractivity contribution < 1.29 is 14.3 Å². The molecule has 0 aromatic heterocycles. The standard InChI is InChI=1S/C28H34O3/c1-18(29)31-22-11-13-27(2)21(17-22)9-10-23-24(27)12-14-28(3)25(23)16-20(26(28)30)15-19-7-5-4-6-8-19/h4-9,15,22-25H,10-14,16-17H2,1-3H3. The van der Waals surface area contributed by atoms with Crippen molar-refractivity contribution in [3.8, 4) is 0 Å². The second-order valence-corrected chi connectivity index (χ2v) is 10.8. The van der Waals surface area contributed by atoms with Crippen LogP contribution in [0.25, 0.3) is 6.08 Å². The Morgan fingerprint density at radius 1 is 1.03 bits per heavy atom. The van der Waals surface area contributed by atoms with E-state index in [2.05, 4.69) is 38.1 Å². The minimum atomic E-state index is -0.210. The second kappa shape index (κ2) is 7.46. The van der Waals surface area contributed by atoms with E-state index in [9.17, 15) is 9.59 Å². The van der Waals surface area contributed by atoms with Crippen molar-refractivity contribution in [2.24, 2.45) is 28.6 Å². The molecule has 3 fully saturated rings. The van der Waals surface area contributed by atoms with E-state index < -0.39 is 0 Å². The highest BCUT2D eigenvalue weighted by atomic mass is 16.5. The van der Waals surface area contributed by atoms with Gasteiger partial charge in [-0.25, -0.2) is 0 Å². The van der Waals surface area contributed by atoms with Gasteiger partial charge in [-0.05, 0) is 78.9 Å². The fraction of sp³-hybridized carbons (Fsp3) is 0.571.